The van der Waals surface area contributed by atoms with Gasteiger partial charge in [-0.1, -0.05) is 28.1 Å². The van der Waals surface area contributed by atoms with Crippen LogP contribution in [0.1, 0.15) is 16.1 Å². The maximum atomic E-state index is 12.0. The first-order chi connectivity index (χ1) is 8.97. The minimum absolute atomic E-state index is 0.198. The minimum atomic E-state index is -0.370. The molecule has 0 aliphatic rings. The molecule has 0 saturated heterocycles. The number of carbonyl (C=O) groups is 1. The fourth-order valence-corrected chi connectivity index (χ4v) is 2.29. The SMILES string of the molecule is NC(=S)c1cc(Br)ccc1NC(=O)c1ccc(Br)o1. The van der Waals surface area contributed by atoms with Crippen molar-refractivity contribution in [1.82, 2.24) is 0 Å². The van der Waals surface area contributed by atoms with E-state index in [1.807, 2.05) is 0 Å². The number of hydrogen-bond acceptors (Lipinski definition) is 3. The lowest BCUT2D eigenvalue weighted by molar-refractivity contribution is 0.0995. The van der Waals surface area contributed by atoms with Crippen molar-refractivity contribution in [3.63, 3.8) is 0 Å². The van der Waals surface area contributed by atoms with Gasteiger partial charge in [0.1, 0.15) is 4.99 Å². The van der Waals surface area contributed by atoms with Crippen LogP contribution in [0.15, 0.2) is 43.9 Å². The number of furan rings is 1. The average molecular weight is 404 g/mol. The van der Waals surface area contributed by atoms with E-state index >= 15 is 0 Å². The third kappa shape index (κ3) is 3.43. The van der Waals surface area contributed by atoms with Crippen molar-refractivity contribution in [3.05, 3.63) is 50.8 Å². The van der Waals surface area contributed by atoms with E-state index in [2.05, 4.69) is 37.2 Å². The first-order valence-electron chi connectivity index (χ1n) is 5.13. The van der Waals surface area contributed by atoms with Gasteiger partial charge in [-0.15, -0.1) is 0 Å². The molecule has 0 radical (unpaired) electrons. The van der Waals surface area contributed by atoms with Crippen LogP contribution >= 0.6 is 44.1 Å². The third-order valence-electron chi connectivity index (χ3n) is 2.29. The van der Waals surface area contributed by atoms with Gasteiger partial charge in [0.2, 0.25) is 0 Å². The number of rotatable bonds is 3. The van der Waals surface area contributed by atoms with Crippen LogP contribution in [0.2, 0.25) is 0 Å². The highest BCUT2D eigenvalue weighted by atomic mass is 79.9. The Balaban J connectivity index is 2.28. The Morgan fingerprint density at radius 2 is 2.00 bits per heavy atom. The Morgan fingerprint density at radius 3 is 2.58 bits per heavy atom. The first-order valence-corrected chi connectivity index (χ1v) is 7.13. The number of anilines is 1. The molecule has 0 aliphatic heterocycles. The van der Waals surface area contributed by atoms with E-state index in [1.165, 1.54) is 0 Å². The number of carbonyl (C=O) groups excluding carboxylic acids is 1. The fourth-order valence-electron chi connectivity index (χ4n) is 1.45. The van der Waals surface area contributed by atoms with Gasteiger partial charge in [-0.25, -0.2) is 0 Å². The molecule has 0 bridgehead atoms. The molecule has 7 heteroatoms. The largest absolute Gasteiger partial charge is 0.444 e. The van der Waals surface area contributed by atoms with E-state index in [0.29, 0.717) is 15.9 Å². The lowest BCUT2D eigenvalue weighted by atomic mass is 10.1. The summed E-state index contributed by atoms with van der Waals surface area (Å²) in [5, 5.41) is 2.71. The van der Waals surface area contributed by atoms with Crippen molar-refractivity contribution in [2.24, 2.45) is 5.73 Å². The molecule has 1 aromatic carbocycles. The van der Waals surface area contributed by atoms with Gasteiger partial charge in [0.05, 0.1) is 5.69 Å². The molecular weight excluding hydrogens is 396 g/mol. The molecule has 0 atom stereocenters. The molecule has 98 valence electrons. The summed E-state index contributed by atoms with van der Waals surface area (Å²) in [6.07, 6.45) is 0. The Morgan fingerprint density at radius 1 is 1.26 bits per heavy atom. The lowest BCUT2D eigenvalue weighted by Gasteiger charge is -2.09. The highest BCUT2D eigenvalue weighted by Crippen LogP contribution is 2.22. The monoisotopic (exact) mass is 402 g/mol. The topological polar surface area (TPSA) is 68.3 Å². The first kappa shape index (κ1) is 14.2. The van der Waals surface area contributed by atoms with Crippen LogP contribution in [-0.4, -0.2) is 10.9 Å². The van der Waals surface area contributed by atoms with Gasteiger partial charge >= 0.3 is 0 Å². The van der Waals surface area contributed by atoms with Gasteiger partial charge in [-0.05, 0) is 46.3 Å². The highest BCUT2D eigenvalue weighted by Gasteiger charge is 2.14. The summed E-state index contributed by atoms with van der Waals surface area (Å²) < 4.78 is 6.49. The number of benzene rings is 1. The molecule has 4 nitrogen and oxygen atoms in total. The average Bonchev–Trinajstić information content (AvgIpc) is 2.78. The number of thiocarbonyl (C=S) groups is 1. The second-order valence-electron chi connectivity index (χ2n) is 3.61. The van der Waals surface area contributed by atoms with Crippen molar-refractivity contribution >= 4 is 60.7 Å². The molecule has 0 spiro atoms. The van der Waals surface area contributed by atoms with Crippen LogP contribution in [0.5, 0.6) is 0 Å². The second kappa shape index (κ2) is 5.85. The normalized spacial score (nSPS) is 10.2. The molecule has 2 aromatic rings. The van der Waals surface area contributed by atoms with Gasteiger partial charge in [-0.2, -0.15) is 0 Å². The molecule has 1 aromatic heterocycles. The van der Waals surface area contributed by atoms with Crippen LogP contribution in [0, 0.1) is 0 Å². The zero-order valence-corrected chi connectivity index (χ0v) is 13.4. The standard InChI is InChI=1S/C12H8Br2N2O2S/c13-6-1-2-8(7(5-6)11(15)19)16-12(17)9-3-4-10(14)18-9/h1-5H,(H2,15,19)(H,16,17). The summed E-state index contributed by atoms with van der Waals surface area (Å²) in [7, 11) is 0. The Kier molecular flexibility index (Phi) is 4.38. The molecule has 1 amide bonds. The van der Waals surface area contributed by atoms with Crippen molar-refractivity contribution in [1.29, 1.82) is 0 Å². The smallest absolute Gasteiger partial charge is 0.291 e. The predicted molar refractivity (Wildman–Crippen MR) is 84.4 cm³/mol. The van der Waals surface area contributed by atoms with Crippen LogP contribution in [0.4, 0.5) is 5.69 Å². The van der Waals surface area contributed by atoms with Gasteiger partial charge in [0.25, 0.3) is 5.91 Å². The molecule has 0 aliphatic carbocycles. The zero-order valence-electron chi connectivity index (χ0n) is 9.44. The van der Waals surface area contributed by atoms with Crippen LogP contribution in [0.3, 0.4) is 0 Å². The van der Waals surface area contributed by atoms with E-state index in [0.717, 1.165) is 4.47 Å². The van der Waals surface area contributed by atoms with Gasteiger partial charge in [-0.3, -0.25) is 4.79 Å². The van der Waals surface area contributed by atoms with Crippen LogP contribution in [-0.2, 0) is 0 Å². The zero-order chi connectivity index (χ0) is 14.0. The predicted octanol–water partition coefficient (Wildman–Crippen LogP) is 3.69. The molecule has 0 saturated carbocycles. The lowest BCUT2D eigenvalue weighted by Crippen LogP contribution is -2.17. The quantitative estimate of drug-likeness (QED) is 0.766. The van der Waals surface area contributed by atoms with Gasteiger partial charge in [0, 0.05) is 10.0 Å². The van der Waals surface area contributed by atoms with Gasteiger partial charge < -0.3 is 15.5 Å². The van der Waals surface area contributed by atoms with E-state index in [-0.39, 0.29) is 16.7 Å². The van der Waals surface area contributed by atoms with Crippen LogP contribution in [0.25, 0.3) is 0 Å². The summed E-state index contributed by atoms with van der Waals surface area (Å²) in [5.41, 5.74) is 6.75. The molecule has 1 heterocycles. The fraction of sp³-hybridized carbons (Fsp3) is 0. The maximum Gasteiger partial charge on any atom is 0.291 e. The number of halogens is 2. The summed E-state index contributed by atoms with van der Waals surface area (Å²) in [6.45, 7) is 0. The highest BCUT2D eigenvalue weighted by molar-refractivity contribution is 9.10. The number of nitrogens with one attached hydrogen (secondary N) is 1. The third-order valence-corrected chi connectivity index (χ3v) is 3.43. The molecule has 2 rings (SSSR count). The van der Waals surface area contributed by atoms with E-state index in [9.17, 15) is 4.79 Å². The van der Waals surface area contributed by atoms with Crippen LogP contribution < -0.4 is 11.1 Å². The number of amides is 1. The summed E-state index contributed by atoms with van der Waals surface area (Å²) in [5.74, 6) is -0.172. The molecular formula is C12H8Br2N2O2S. The van der Waals surface area contributed by atoms with Crippen molar-refractivity contribution in [3.8, 4) is 0 Å². The van der Waals surface area contributed by atoms with Crippen molar-refractivity contribution < 1.29 is 9.21 Å². The second-order valence-corrected chi connectivity index (χ2v) is 5.75. The molecule has 0 fully saturated rings. The maximum absolute atomic E-state index is 12.0. The van der Waals surface area contributed by atoms with E-state index < -0.39 is 0 Å². The molecule has 0 unspecified atom stereocenters. The molecule has 19 heavy (non-hydrogen) atoms. The number of nitrogens with two attached hydrogens (primary N) is 1. The van der Waals surface area contributed by atoms with E-state index in [1.54, 1.807) is 30.3 Å². The Labute approximate surface area is 131 Å². The van der Waals surface area contributed by atoms with Crippen molar-refractivity contribution in [2.75, 3.05) is 5.32 Å². The Hall–Kier alpha value is -1.18. The summed E-state index contributed by atoms with van der Waals surface area (Å²) >= 11 is 11.4. The summed E-state index contributed by atoms with van der Waals surface area (Å²) in [6, 6.07) is 8.46. The number of hydrogen-bond donors (Lipinski definition) is 2. The van der Waals surface area contributed by atoms with E-state index in [4.69, 9.17) is 22.4 Å². The summed E-state index contributed by atoms with van der Waals surface area (Å²) in [4.78, 5) is 12.2. The van der Waals surface area contributed by atoms with Gasteiger partial charge in [0.15, 0.2) is 10.4 Å². The minimum Gasteiger partial charge on any atom is -0.444 e. The molecule has 3 N–H and O–H groups in total. The van der Waals surface area contributed by atoms with Crippen molar-refractivity contribution in [2.45, 2.75) is 0 Å². The Bertz CT molecular complexity index is 655.